The van der Waals surface area contributed by atoms with Crippen LogP contribution in [0.1, 0.15) is 19.3 Å². The van der Waals surface area contributed by atoms with Crippen molar-refractivity contribution in [3.8, 4) is 11.3 Å². The second-order valence-electron chi connectivity index (χ2n) is 7.30. The summed E-state index contributed by atoms with van der Waals surface area (Å²) in [6, 6.07) is 5.90. The normalized spacial score (nSPS) is 30.2. The van der Waals surface area contributed by atoms with Gasteiger partial charge in [0.25, 0.3) is 0 Å². The molecular weight excluding hydrogens is 312 g/mol. The van der Waals surface area contributed by atoms with Gasteiger partial charge >= 0.3 is 0 Å². The lowest BCUT2D eigenvalue weighted by Crippen LogP contribution is -2.64. The Labute approximate surface area is 147 Å². The number of aromatic nitrogens is 3. The summed E-state index contributed by atoms with van der Waals surface area (Å²) < 4.78 is 0. The summed E-state index contributed by atoms with van der Waals surface area (Å²) in [5.74, 6) is 2.68. The summed E-state index contributed by atoms with van der Waals surface area (Å²) >= 11 is 0. The highest BCUT2D eigenvalue weighted by Gasteiger charge is 2.48. The summed E-state index contributed by atoms with van der Waals surface area (Å²) in [5, 5.41) is 7.23. The van der Waals surface area contributed by atoms with E-state index in [2.05, 4.69) is 36.6 Å². The van der Waals surface area contributed by atoms with Crippen molar-refractivity contribution in [3.63, 3.8) is 0 Å². The van der Waals surface area contributed by atoms with Gasteiger partial charge in [0.05, 0.1) is 11.2 Å². The van der Waals surface area contributed by atoms with E-state index in [0.29, 0.717) is 0 Å². The van der Waals surface area contributed by atoms with Crippen molar-refractivity contribution in [3.05, 3.63) is 48.8 Å². The number of piperidine rings is 3. The van der Waals surface area contributed by atoms with E-state index in [1.54, 1.807) is 18.7 Å². The number of nitrogens with zero attached hydrogens (tertiary/aromatic N) is 4. The highest BCUT2D eigenvalue weighted by molar-refractivity contribution is 5.62. The maximum Gasteiger partial charge on any atom is 0.135 e. The molecule has 25 heavy (non-hydrogen) atoms. The lowest BCUT2D eigenvalue weighted by atomic mass is 9.72. The number of hydrogen-bond donors (Lipinski definition) is 2. The lowest BCUT2D eigenvalue weighted by molar-refractivity contribution is 0.0189. The third-order valence-electron chi connectivity index (χ3n) is 5.83. The van der Waals surface area contributed by atoms with E-state index in [9.17, 15) is 0 Å². The first-order chi connectivity index (χ1) is 12.3. The minimum atomic E-state index is 0.222. The molecule has 2 aromatic heterocycles. The number of anilines is 1. The zero-order valence-electron chi connectivity index (χ0n) is 14.2. The number of pyridine rings is 1. The molecule has 1 atom stereocenters. The Morgan fingerprint density at radius 2 is 2.00 bits per heavy atom. The molecule has 128 valence electrons. The predicted octanol–water partition coefficient (Wildman–Crippen LogP) is 2.25. The summed E-state index contributed by atoms with van der Waals surface area (Å²) in [6.07, 6.45) is 11.2. The van der Waals surface area contributed by atoms with E-state index < -0.39 is 0 Å². The average Bonchev–Trinajstić information content (AvgIpc) is 3.05. The zero-order valence-corrected chi connectivity index (χ0v) is 14.2. The number of rotatable bonds is 3. The van der Waals surface area contributed by atoms with Crippen LogP contribution in [0.25, 0.3) is 11.3 Å². The molecule has 4 aliphatic rings. The smallest absolute Gasteiger partial charge is 0.135 e. The topological polar surface area (TPSA) is 66.0 Å². The number of nitrogens with one attached hydrogen (secondary N) is 2. The van der Waals surface area contributed by atoms with Crippen molar-refractivity contribution in [1.82, 2.24) is 25.2 Å². The van der Waals surface area contributed by atoms with Crippen LogP contribution in [-0.4, -0.2) is 45.0 Å². The second kappa shape index (κ2) is 5.81. The van der Waals surface area contributed by atoms with Gasteiger partial charge in [0.15, 0.2) is 0 Å². The molecule has 3 fully saturated rings. The largest absolute Gasteiger partial charge is 0.365 e. The quantitative estimate of drug-likeness (QED) is 0.897. The van der Waals surface area contributed by atoms with Crippen LogP contribution in [0.15, 0.2) is 48.8 Å². The van der Waals surface area contributed by atoms with Crippen LogP contribution < -0.4 is 10.6 Å². The number of fused-ring (bicyclic) bond motifs is 2. The summed E-state index contributed by atoms with van der Waals surface area (Å²) in [7, 11) is 0. The summed E-state index contributed by atoms with van der Waals surface area (Å²) in [6.45, 7) is 3.68. The molecule has 3 saturated heterocycles. The Bertz CT molecular complexity index is 797. The van der Waals surface area contributed by atoms with Gasteiger partial charge in [-0.05, 0) is 56.5 Å². The Kier molecular flexibility index (Phi) is 3.45. The van der Waals surface area contributed by atoms with E-state index in [1.165, 1.54) is 25.9 Å². The molecular formula is C19H22N6. The molecule has 0 unspecified atom stereocenters. The van der Waals surface area contributed by atoms with Crippen molar-refractivity contribution in [2.24, 2.45) is 5.92 Å². The summed E-state index contributed by atoms with van der Waals surface area (Å²) in [4.78, 5) is 15.4. The van der Waals surface area contributed by atoms with E-state index in [1.807, 2.05) is 18.2 Å². The Morgan fingerprint density at radius 1 is 1.16 bits per heavy atom. The fourth-order valence-electron chi connectivity index (χ4n) is 4.53. The van der Waals surface area contributed by atoms with Crippen LogP contribution in [0.3, 0.4) is 0 Å². The summed E-state index contributed by atoms with van der Waals surface area (Å²) in [5.41, 5.74) is 2.17. The molecule has 0 saturated carbocycles. The third kappa shape index (κ3) is 2.66. The first-order valence-corrected chi connectivity index (χ1v) is 9.01. The number of hydrogen-bond acceptors (Lipinski definition) is 6. The first-order valence-electron chi connectivity index (χ1n) is 9.01. The molecule has 4 aliphatic heterocycles. The average molecular weight is 334 g/mol. The lowest BCUT2D eigenvalue weighted by Gasteiger charge is -2.52. The van der Waals surface area contributed by atoms with Gasteiger partial charge in [0.1, 0.15) is 18.0 Å². The van der Waals surface area contributed by atoms with Gasteiger partial charge in [-0.2, -0.15) is 0 Å². The van der Waals surface area contributed by atoms with E-state index in [-0.39, 0.29) is 5.54 Å². The van der Waals surface area contributed by atoms with Crippen LogP contribution in [0.4, 0.5) is 5.82 Å². The van der Waals surface area contributed by atoms with Crippen molar-refractivity contribution >= 4 is 5.82 Å². The van der Waals surface area contributed by atoms with Gasteiger partial charge < -0.3 is 15.5 Å². The highest BCUT2D eigenvalue weighted by Crippen LogP contribution is 2.41. The van der Waals surface area contributed by atoms with Crippen LogP contribution in [0, 0.1) is 5.92 Å². The monoisotopic (exact) mass is 334 g/mol. The van der Waals surface area contributed by atoms with Crippen molar-refractivity contribution < 1.29 is 0 Å². The molecule has 6 heterocycles. The molecule has 6 rings (SSSR count). The van der Waals surface area contributed by atoms with Gasteiger partial charge in [-0.15, -0.1) is 0 Å². The minimum Gasteiger partial charge on any atom is -0.365 e. The van der Waals surface area contributed by atoms with E-state index in [4.69, 9.17) is 0 Å². The maximum absolute atomic E-state index is 4.38. The Hall–Kier alpha value is -2.47. The SMILES string of the molecule is C1=C(Nc2cc(-c3ccncc3)ncn2)N[C@@]2(C1)CN1CCC2CC1. The molecule has 0 amide bonds. The standard InChI is InChI=1S/C19H22N6/c1-6-19(12-25-9-4-15(19)5-10-25)24-17(1)23-18-11-16(21-13-22-18)14-2-7-20-8-3-14/h1-3,7-8,11,13,15,24H,4-6,9-10,12H2,(H,21,22,23)/t19-/m0/s1. The Morgan fingerprint density at radius 3 is 2.76 bits per heavy atom. The first kappa shape index (κ1) is 14.8. The molecule has 0 radical (unpaired) electrons. The van der Waals surface area contributed by atoms with Crippen LogP contribution in [-0.2, 0) is 0 Å². The van der Waals surface area contributed by atoms with Crippen LogP contribution in [0.5, 0.6) is 0 Å². The van der Waals surface area contributed by atoms with Crippen LogP contribution in [0.2, 0.25) is 0 Å². The highest BCUT2D eigenvalue weighted by atomic mass is 15.3. The molecule has 0 aromatic carbocycles. The van der Waals surface area contributed by atoms with Gasteiger partial charge in [0, 0.05) is 30.6 Å². The van der Waals surface area contributed by atoms with Gasteiger partial charge in [-0.3, -0.25) is 4.98 Å². The molecule has 0 aliphatic carbocycles. The van der Waals surface area contributed by atoms with Crippen molar-refractivity contribution in [2.75, 3.05) is 25.0 Å². The Balaban J connectivity index is 1.32. The second-order valence-corrected chi connectivity index (χ2v) is 7.30. The zero-order chi connectivity index (χ0) is 16.7. The predicted molar refractivity (Wildman–Crippen MR) is 96.6 cm³/mol. The molecule has 1 spiro atoms. The fourth-order valence-corrected chi connectivity index (χ4v) is 4.53. The third-order valence-corrected chi connectivity index (χ3v) is 5.83. The van der Waals surface area contributed by atoms with Gasteiger partial charge in [-0.1, -0.05) is 0 Å². The molecule has 6 nitrogen and oxygen atoms in total. The molecule has 2 bridgehead atoms. The molecule has 6 heteroatoms. The molecule has 2 N–H and O–H groups in total. The van der Waals surface area contributed by atoms with Gasteiger partial charge in [0.2, 0.25) is 0 Å². The fraction of sp³-hybridized carbons (Fsp3) is 0.421. The minimum absolute atomic E-state index is 0.222. The van der Waals surface area contributed by atoms with E-state index in [0.717, 1.165) is 41.8 Å². The molecule has 2 aromatic rings. The maximum atomic E-state index is 4.38. The van der Waals surface area contributed by atoms with Crippen molar-refractivity contribution in [1.29, 1.82) is 0 Å². The van der Waals surface area contributed by atoms with Crippen LogP contribution >= 0.6 is 0 Å². The van der Waals surface area contributed by atoms with Crippen molar-refractivity contribution in [2.45, 2.75) is 24.8 Å². The van der Waals surface area contributed by atoms with E-state index >= 15 is 0 Å². The van der Waals surface area contributed by atoms with Gasteiger partial charge in [-0.25, -0.2) is 9.97 Å².